The highest BCUT2D eigenvalue weighted by Gasteiger charge is 2.17. The molecule has 3 nitrogen and oxygen atoms in total. The molecule has 3 heteroatoms. The first-order valence-corrected chi connectivity index (χ1v) is 8.32. The van der Waals surface area contributed by atoms with Crippen molar-refractivity contribution in [2.75, 3.05) is 53.4 Å². The lowest BCUT2D eigenvalue weighted by molar-refractivity contribution is 0.191. The average Bonchev–Trinajstić information content (AvgIpc) is 2.45. The van der Waals surface area contributed by atoms with Crippen LogP contribution in [0.1, 0.15) is 38.5 Å². The van der Waals surface area contributed by atoms with Crippen LogP contribution in [0.2, 0.25) is 0 Å². The van der Waals surface area contributed by atoms with Crippen molar-refractivity contribution in [3.63, 3.8) is 0 Å². The van der Waals surface area contributed by atoms with Crippen LogP contribution in [-0.2, 0) is 0 Å². The first-order valence-electron chi connectivity index (χ1n) is 8.32. The van der Waals surface area contributed by atoms with Crippen molar-refractivity contribution >= 4 is 0 Å². The van der Waals surface area contributed by atoms with Gasteiger partial charge in [-0.25, -0.2) is 0 Å². The summed E-state index contributed by atoms with van der Waals surface area (Å²) in [5.41, 5.74) is 0. The normalized spacial score (nSPS) is 27.0. The van der Waals surface area contributed by atoms with Crippen molar-refractivity contribution in [3.8, 4) is 0 Å². The fraction of sp³-hybridized carbons (Fsp3) is 1.00. The lowest BCUT2D eigenvalue weighted by Gasteiger charge is -2.30. The van der Waals surface area contributed by atoms with Crippen molar-refractivity contribution in [1.82, 2.24) is 15.1 Å². The zero-order chi connectivity index (χ0) is 13.5. The van der Waals surface area contributed by atoms with Gasteiger partial charge in [-0.15, -0.1) is 0 Å². The molecule has 0 bridgehead atoms. The molecule has 0 aromatic carbocycles. The van der Waals surface area contributed by atoms with Gasteiger partial charge in [-0.3, -0.25) is 0 Å². The standard InChI is InChI=1S/C16H33N3/c1-18-10-5-15(6-11-18)7-12-19(2)13-8-16-4-3-9-17-14-16/h15-17H,3-14H2,1-2H3. The predicted molar refractivity (Wildman–Crippen MR) is 82.5 cm³/mol. The molecular weight excluding hydrogens is 234 g/mol. The lowest BCUT2D eigenvalue weighted by Crippen LogP contribution is -2.34. The molecule has 2 heterocycles. The molecule has 19 heavy (non-hydrogen) atoms. The van der Waals surface area contributed by atoms with Crippen molar-refractivity contribution in [3.05, 3.63) is 0 Å². The summed E-state index contributed by atoms with van der Waals surface area (Å²) >= 11 is 0. The number of likely N-dealkylation sites (tertiary alicyclic amines) is 1. The summed E-state index contributed by atoms with van der Waals surface area (Å²) in [6.07, 6.45) is 8.44. The molecular formula is C16H33N3. The molecule has 112 valence electrons. The van der Waals surface area contributed by atoms with E-state index in [0.29, 0.717) is 0 Å². The van der Waals surface area contributed by atoms with Crippen LogP contribution in [0.3, 0.4) is 0 Å². The molecule has 0 spiro atoms. The van der Waals surface area contributed by atoms with Gasteiger partial charge in [0.05, 0.1) is 0 Å². The van der Waals surface area contributed by atoms with Crippen LogP contribution in [0.4, 0.5) is 0 Å². The number of nitrogens with zero attached hydrogens (tertiary/aromatic N) is 2. The molecule has 0 aromatic heterocycles. The molecule has 1 unspecified atom stereocenters. The van der Waals surface area contributed by atoms with Crippen molar-refractivity contribution in [1.29, 1.82) is 0 Å². The van der Waals surface area contributed by atoms with E-state index in [1.807, 2.05) is 0 Å². The molecule has 2 aliphatic heterocycles. The quantitative estimate of drug-likeness (QED) is 0.794. The van der Waals surface area contributed by atoms with E-state index >= 15 is 0 Å². The summed E-state index contributed by atoms with van der Waals surface area (Å²) < 4.78 is 0. The summed E-state index contributed by atoms with van der Waals surface area (Å²) in [5, 5.41) is 3.52. The molecule has 0 radical (unpaired) electrons. The van der Waals surface area contributed by atoms with Gasteiger partial charge in [0.2, 0.25) is 0 Å². The minimum atomic E-state index is 0.930. The number of piperidine rings is 2. The van der Waals surface area contributed by atoms with Gasteiger partial charge in [0, 0.05) is 0 Å². The molecule has 1 N–H and O–H groups in total. The largest absolute Gasteiger partial charge is 0.316 e. The van der Waals surface area contributed by atoms with Gasteiger partial charge in [-0.1, -0.05) is 0 Å². The highest BCUT2D eigenvalue weighted by molar-refractivity contribution is 4.73. The Labute approximate surface area is 119 Å². The molecule has 0 amide bonds. The third-order valence-corrected chi connectivity index (χ3v) is 5.08. The molecule has 0 aliphatic carbocycles. The Bertz CT molecular complexity index is 230. The minimum absolute atomic E-state index is 0.930. The molecule has 2 saturated heterocycles. The molecule has 2 aliphatic rings. The lowest BCUT2D eigenvalue weighted by atomic mass is 9.93. The molecule has 1 atom stereocenters. The Balaban J connectivity index is 1.52. The molecule has 0 aromatic rings. The van der Waals surface area contributed by atoms with Gasteiger partial charge in [-0.2, -0.15) is 0 Å². The van der Waals surface area contributed by atoms with Crippen LogP contribution < -0.4 is 5.32 Å². The maximum Gasteiger partial charge on any atom is -0.00187 e. The van der Waals surface area contributed by atoms with Gasteiger partial charge < -0.3 is 15.1 Å². The van der Waals surface area contributed by atoms with E-state index in [0.717, 1.165) is 11.8 Å². The predicted octanol–water partition coefficient (Wildman–Crippen LogP) is 2.04. The second-order valence-electron chi connectivity index (χ2n) is 6.84. The topological polar surface area (TPSA) is 18.5 Å². The summed E-state index contributed by atoms with van der Waals surface area (Å²) in [4.78, 5) is 5.03. The highest BCUT2D eigenvalue weighted by Crippen LogP contribution is 2.20. The van der Waals surface area contributed by atoms with Crippen LogP contribution in [0.5, 0.6) is 0 Å². The number of rotatable bonds is 6. The fourth-order valence-corrected chi connectivity index (χ4v) is 3.44. The van der Waals surface area contributed by atoms with Crippen LogP contribution in [0.25, 0.3) is 0 Å². The van der Waals surface area contributed by atoms with E-state index in [4.69, 9.17) is 0 Å². The van der Waals surface area contributed by atoms with Crippen molar-refractivity contribution in [2.45, 2.75) is 38.5 Å². The van der Waals surface area contributed by atoms with Crippen LogP contribution in [-0.4, -0.2) is 63.2 Å². The maximum absolute atomic E-state index is 3.52. The van der Waals surface area contributed by atoms with Gasteiger partial charge in [-0.05, 0) is 104 Å². The van der Waals surface area contributed by atoms with E-state index in [1.54, 1.807) is 0 Å². The van der Waals surface area contributed by atoms with E-state index in [2.05, 4.69) is 29.2 Å². The Morgan fingerprint density at radius 2 is 1.74 bits per heavy atom. The third kappa shape index (κ3) is 5.80. The van der Waals surface area contributed by atoms with Crippen molar-refractivity contribution in [2.24, 2.45) is 11.8 Å². The SMILES string of the molecule is CN1CCC(CCN(C)CCC2CCCNC2)CC1. The highest BCUT2D eigenvalue weighted by atomic mass is 15.1. The van der Waals surface area contributed by atoms with E-state index in [-0.39, 0.29) is 0 Å². The first kappa shape index (κ1) is 15.3. The smallest absolute Gasteiger partial charge is 0.00187 e. The Hall–Kier alpha value is -0.120. The Morgan fingerprint density at radius 1 is 1.05 bits per heavy atom. The average molecular weight is 267 g/mol. The van der Waals surface area contributed by atoms with Crippen LogP contribution in [0, 0.1) is 11.8 Å². The third-order valence-electron chi connectivity index (χ3n) is 5.08. The van der Waals surface area contributed by atoms with Crippen LogP contribution in [0.15, 0.2) is 0 Å². The van der Waals surface area contributed by atoms with E-state index < -0.39 is 0 Å². The number of hydrogen-bond donors (Lipinski definition) is 1. The zero-order valence-electron chi connectivity index (χ0n) is 13.0. The van der Waals surface area contributed by atoms with Crippen LogP contribution >= 0.6 is 0 Å². The Kier molecular flexibility index (Phi) is 6.62. The van der Waals surface area contributed by atoms with Crippen molar-refractivity contribution < 1.29 is 0 Å². The molecule has 2 fully saturated rings. The number of hydrogen-bond acceptors (Lipinski definition) is 3. The first-order chi connectivity index (χ1) is 9.24. The summed E-state index contributed by atoms with van der Waals surface area (Å²) in [5.74, 6) is 1.91. The summed E-state index contributed by atoms with van der Waals surface area (Å²) in [6, 6.07) is 0. The fourth-order valence-electron chi connectivity index (χ4n) is 3.44. The second kappa shape index (κ2) is 8.23. The van der Waals surface area contributed by atoms with Gasteiger partial charge in [0.1, 0.15) is 0 Å². The Morgan fingerprint density at radius 3 is 2.37 bits per heavy atom. The zero-order valence-corrected chi connectivity index (χ0v) is 13.0. The maximum atomic E-state index is 3.52. The minimum Gasteiger partial charge on any atom is -0.316 e. The van der Waals surface area contributed by atoms with E-state index in [9.17, 15) is 0 Å². The second-order valence-corrected chi connectivity index (χ2v) is 6.84. The molecule has 0 saturated carbocycles. The molecule has 2 rings (SSSR count). The van der Waals surface area contributed by atoms with Gasteiger partial charge >= 0.3 is 0 Å². The van der Waals surface area contributed by atoms with Gasteiger partial charge in [0.15, 0.2) is 0 Å². The monoisotopic (exact) mass is 267 g/mol. The summed E-state index contributed by atoms with van der Waals surface area (Å²) in [7, 11) is 4.56. The summed E-state index contributed by atoms with van der Waals surface area (Å²) in [6.45, 7) is 7.70. The van der Waals surface area contributed by atoms with Gasteiger partial charge in [0.25, 0.3) is 0 Å². The number of nitrogens with one attached hydrogen (secondary N) is 1. The van der Waals surface area contributed by atoms with E-state index in [1.165, 1.54) is 77.8 Å².